The number of fused-ring (bicyclic) bond motifs is 3. The number of hydrogen-bond donors (Lipinski definition) is 5. The first-order chi connectivity index (χ1) is 35.7. The van der Waals surface area contributed by atoms with Crippen molar-refractivity contribution in [1.29, 1.82) is 0 Å². The van der Waals surface area contributed by atoms with Gasteiger partial charge in [-0.3, -0.25) is 48.5 Å². The Morgan fingerprint density at radius 2 is 1.39 bits per heavy atom. The number of likely N-dealkylation sites (tertiary alicyclic amines) is 1. The molecule has 0 radical (unpaired) electrons. The summed E-state index contributed by atoms with van der Waals surface area (Å²) in [6.45, 7) is 13.5. The summed E-state index contributed by atoms with van der Waals surface area (Å²) in [5.74, 6) is 0.631. The zero-order valence-corrected chi connectivity index (χ0v) is 42.2. The Morgan fingerprint density at radius 3 is 2.03 bits per heavy atom. The van der Waals surface area contributed by atoms with Crippen LogP contribution in [-0.4, -0.2) is 144 Å². The molecule has 8 heterocycles. The molecule has 1 saturated heterocycles. The van der Waals surface area contributed by atoms with E-state index in [1.807, 2.05) is 37.8 Å². The summed E-state index contributed by atoms with van der Waals surface area (Å²) in [7, 11) is 1.76. The van der Waals surface area contributed by atoms with E-state index < -0.39 is 23.6 Å². The largest absolute Gasteiger partial charge is 0.491 e. The molecule has 0 unspecified atom stereocenters. The third-order valence-corrected chi connectivity index (χ3v) is 13.3. The maximum Gasteiger partial charge on any atom is 0.276 e. The molecule has 5 amide bonds. The zero-order valence-electron chi connectivity index (χ0n) is 42.2. The molecule has 2 aliphatic heterocycles. The van der Waals surface area contributed by atoms with Crippen molar-refractivity contribution in [2.45, 2.75) is 92.1 Å². The number of imidazole rings is 2. The molecule has 25 heteroatoms. The molecule has 388 valence electrons. The summed E-state index contributed by atoms with van der Waals surface area (Å²) in [4.78, 5) is 83.1. The number of piperidine rings is 1. The van der Waals surface area contributed by atoms with Crippen molar-refractivity contribution in [1.82, 2.24) is 73.5 Å². The molecule has 0 saturated carbocycles. The second kappa shape index (κ2) is 21.8. The number of rotatable bonds is 20. The molecule has 0 bridgehead atoms. The van der Waals surface area contributed by atoms with Crippen LogP contribution < -0.4 is 32.2 Å². The first kappa shape index (κ1) is 50.6. The van der Waals surface area contributed by atoms with Gasteiger partial charge in [0.2, 0.25) is 29.6 Å². The van der Waals surface area contributed by atoms with E-state index >= 15 is 0 Å². The maximum absolute atomic E-state index is 13.9. The van der Waals surface area contributed by atoms with Crippen molar-refractivity contribution in [2.75, 3.05) is 57.0 Å². The molecule has 1 fully saturated rings. The summed E-state index contributed by atoms with van der Waals surface area (Å²) in [6.07, 6.45) is 7.58. The number of likely N-dealkylation sites (N-methyl/N-ethyl adjacent to an activating group) is 1. The first-order valence-electron chi connectivity index (χ1n) is 24.8. The molecule has 6 aromatic heterocycles. The highest BCUT2D eigenvalue weighted by molar-refractivity contribution is 6.05. The van der Waals surface area contributed by atoms with Gasteiger partial charge in [-0.15, -0.1) is 10.2 Å². The lowest BCUT2D eigenvalue weighted by molar-refractivity contribution is -0.131. The number of aromatic nitrogens is 12. The number of hydrogen-bond acceptors (Lipinski definition) is 15. The number of anilines is 2. The number of nitrogens with zero attached hydrogens (tertiary/aromatic N) is 14. The van der Waals surface area contributed by atoms with Crippen molar-refractivity contribution in [3.05, 3.63) is 94.2 Å². The van der Waals surface area contributed by atoms with Gasteiger partial charge in [0, 0.05) is 63.5 Å². The van der Waals surface area contributed by atoms with Gasteiger partial charge in [0.15, 0.2) is 11.5 Å². The zero-order chi connectivity index (χ0) is 52.2. The minimum Gasteiger partial charge on any atom is -0.491 e. The van der Waals surface area contributed by atoms with Crippen LogP contribution in [0.4, 0.5) is 11.9 Å². The van der Waals surface area contributed by atoms with E-state index in [9.17, 15) is 24.0 Å². The van der Waals surface area contributed by atoms with E-state index in [-0.39, 0.29) is 47.9 Å². The molecule has 74 heavy (non-hydrogen) atoms. The van der Waals surface area contributed by atoms with Crippen LogP contribution in [0.15, 0.2) is 48.7 Å². The third kappa shape index (κ3) is 10.6. The predicted octanol–water partition coefficient (Wildman–Crippen LogP) is 2.59. The molecule has 2 aliphatic rings. The fraction of sp³-hybridized carbons (Fsp3) is 0.429. The molecular formula is C49H61N19O6. The SMILES string of the molecule is CCn1nc(C)cc1C(=O)Nc1nc2cc(C(N)=O)cnc2n1C/C=C/Cn1c(NC(=O)c2cc(C)nn2CC)nc2cc(C(N)=O)cc(OCCCN3CCC(c4nnc5n4CCN(C(=O)CNC)C5)CC3)c21. The van der Waals surface area contributed by atoms with Gasteiger partial charge in [0.25, 0.3) is 11.8 Å². The number of primary amides is 2. The van der Waals surface area contributed by atoms with Gasteiger partial charge in [0.05, 0.1) is 42.2 Å². The van der Waals surface area contributed by atoms with Crippen LogP contribution in [0.2, 0.25) is 0 Å². The molecule has 25 nitrogen and oxygen atoms in total. The Labute approximate surface area is 425 Å². The number of nitrogens with two attached hydrogens (primary N) is 2. The van der Waals surface area contributed by atoms with Gasteiger partial charge >= 0.3 is 0 Å². The minimum absolute atomic E-state index is 0.0514. The third-order valence-electron chi connectivity index (χ3n) is 13.3. The highest BCUT2D eigenvalue weighted by atomic mass is 16.5. The van der Waals surface area contributed by atoms with Crippen molar-refractivity contribution in [3.63, 3.8) is 0 Å². The van der Waals surface area contributed by atoms with Crippen LogP contribution >= 0.6 is 0 Å². The van der Waals surface area contributed by atoms with E-state index in [2.05, 4.69) is 55.8 Å². The maximum atomic E-state index is 13.9. The van der Waals surface area contributed by atoms with Gasteiger partial charge in [0.1, 0.15) is 34.0 Å². The topological polar surface area (TPSA) is 304 Å². The van der Waals surface area contributed by atoms with Gasteiger partial charge in [-0.05, 0) is 97.4 Å². The first-order valence-corrected chi connectivity index (χ1v) is 24.8. The van der Waals surface area contributed by atoms with Crippen molar-refractivity contribution < 1.29 is 28.7 Å². The average molecular weight is 1010 g/mol. The number of carbonyl (C=O) groups excluding carboxylic acids is 5. The lowest BCUT2D eigenvalue weighted by Gasteiger charge is -2.33. The highest BCUT2D eigenvalue weighted by Crippen LogP contribution is 2.33. The summed E-state index contributed by atoms with van der Waals surface area (Å²) in [5.41, 5.74) is 15.4. The van der Waals surface area contributed by atoms with E-state index in [0.29, 0.717) is 103 Å². The summed E-state index contributed by atoms with van der Waals surface area (Å²) in [5, 5.41) is 26.7. The van der Waals surface area contributed by atoms with Crippen molar-refractivity contribution >= 4 is 63.6 Å². The Balaban J connectivity index is 0.942. The van der Waals surface area contributed by atoms with E-state index in [1.165, 1.54) is 12.3 Å². The number of benzene rings is 1. The fourth-order valence-corrected chi connectivity index (χ4v) is 9.64. The van der Waals surface area contributed by atoms with Crippen LogP contribution in [-0.2, 0) is 44.1 Å². The van der Waals surface area contributed by atoms with Gasteiger partial charge in [-0.25, -0.2) is 15.0 Å². The smallest absolute Gasteiger partial charge is 0.276 e. The summed E-state index contributed by atoms with van der Waals surface area (Å²) in [6, 6.07) is 8.07. The van der Waals surface area contributed by atoms with E-state index in [4.69, 9.17) is 21.2 Å². The Kier molecular flexibility index (Phi) is 14.9. The van der Waals surface area contributed by atoms with Gasteiger partial charge in [-0.1, -0.05) is 12.2 Å². The number of aryl methyl sites for hydroxylation is 4. The lowest BCUT2D eigenvalue weighted by Crippen LogP contribution is -2.42. The molecule has 1 aromatic carbocycles. The number of allylic oxidation sites excluding steroid dienone is 2. The highest BCUT2D eigenvalue weighted by Gasteiger charge is 2.30. The quantitative estimate of drug-likeness (QED) is 0.0542. The molecular weight excluding hydrogens is 951 g/mol. The Hall–Kier alpha value is -8.32. The fourth-order valence-electron chi connectivity index (χ4n) is 9.64. The molecule has 0 atom stereocenters. The second-order valence-electron chi connectivity index (χ2n) is 18.4. The number of amides is 5. The molecule has 7 aromatic rings. The monoisotopic (exact) mass is 1010 g/mol. The number of carbonyl (C=O) groups is 5. The lowest BCUT2D eigenvalue weighted by atomic mass is 9.95. The molecule has 9 rings (SSSR count). The molecule has 0 aliphatic carbocycles. The molecule has 7 N–H and O–H groups in total. The predicted molar refractivity (Wildman–Crippen MR) is 273 cm³/mol. The Morgan fingerprint density at radius 1 is 0.770 bits per heavy atom. The van der Waals surface area contributed by atoms with Gasteiger partial charge in [-0.2, -0.15) is 10.2 Å². The standard InChI is InChI=1S/C49H61N19O6/c1-6-67-36(21-29(3)60-67)46(72)56-48-54-34-23-32(42(50)70)25-38(74-20-10-13-62-16-11-31(12-17-62)44-59-58-39-28-63(18-19-64(39)44)40(69)27-52-5)41(34)65(48)14-8-9-15-66-45-35(24-33(26-53-45)43(51)71)55-49(66)57-47(73)37-22-30(4)61-68(37)7-2/h8-9,21-26,31,52H,6-7,10-20,27-28H2,1-5H3,(H2,50,70)(H2,51,71)(H,54,56,72)(H,55,57,73)/b9-8+. The second-order valence-corrected chi connectivity index (χ2v) is 18.4. The van der Waals surface area contributed by atoms with E-state index in [0.717, 1.165) is 44.1 Å². The Bertz CT molecular complexity index is 3300. The number of ether oxygens (including phenoxy) is 1. The molecule has 0 spiro atoms. The van der Waals surface area contributed by atoms with Crippen LogP contribution in [0.1, 0.15) is 104 Å². The van der Waals surface area contributed by atoms with Crippen LogP contribution in [0.25, 0.3) is 22.2 Å². The minimum atomic E-state index is -0.675. The number of pyridine rings is 1. The summed E-state index contributed by atoms with van der Waals surface area (Å²) >= 11 is 0. The van der Waals surface area contributed by atoms with Crippen LogP contribution in [0.3, 0.4) is 0 Å². The van der Waals surface area contributed by atoms with Crippen molar-refractivity contribution in [2.24, 2.45) is 11.5 Å². The van der Waals surface area contributed by atoms with Crippen LogP contribution in [0.5, 0.6) is 5.75 Å². The number of nitrogens with one attached hydrogen (secondary N) is 3. The van der Waals surface area contributed by atoms with Crippen LogP contribution in [0, 0.1) is 13.8 Å². The van der Waals surface area contributed by atoms with Crippen molar-refractivity contribution in [3.8, 4) is 5.75 Å². The summed E-state index contributed by atoms with van der Waals surface area (Å²) < 4.78 is 15.4. The van der Waals surface area contributed by atoms with E-state index in [1.54, 1.807) is 56.7 Å². The van der Waals surface area contributed by atoms with Gasteiger partial charge < -0.3 is 40.5 Å². The normalized spacial score (nSPS) is 14.3. The average Bonchev–Trinajstić information content (AvgIpc) is 4.23.